The van der Waals surface area contributed by atoms with Gasteiger partial charge in [0.25, 0.3) is 0 Å². The maximum atomic E-state index is 11.7. The van der Waals surface area contributed by atoms with Crippen molar-refractivity contribution >= 4 is 24.3 Å². The van der Waals surface area contributed by atoms with Crippen LogP contribution in [0.2, 0.25) is 0 Å². The minimum atomic E-state index is -1.01. The molecule has 6 nitrogen and oxygen atoms in total. The average Bonchev–Trinajstić information content (AvgIpc) is 2.73. The third kappa shape index (κ3) is 4.77. The molecule has 0 radical (unpaired) electrons. The lowest BCUT2D eigenvalue weighted by molar-refractivity contribution is -0.141. The van der Waals surface area contributed by atoms with Gasteiger partial charge in [-0.2, -0.15) is 0 Å². The summed E-state index contributed by atoms with van der Waals surface area (Å²) in [5, 5.41) is 22.0. The Morgan fingerprint density at radius 2 is 1.70 bits per heavy atom. The molecule has 1 aliphatic carbocycles. The van der Waals surface area contributed by atoms with Crippen LogP contribution in [0.5, 0.6) is 5.75 Å². The fourth-order valence-electron chi connectivity index (χ4n) is 4.60. The number of carboxylic acids is 2. The SMILES string of the molecule is Cl.O=C(O)c1ccc(-c2ccccc2)cc1O[C@H]1CC[C@H]2CN[C@H](C(=O)O)C[C@H]2C1. The Morgan fingerprint density at radius 1 is 0.933 bits per heavy atom. The fourth-order valence-corrected chi connectivity index (χ4v) is 4.60. The van der Waals surface area contributed by atoms with Crippen molar-refractivity contribution in [1.29, 1.82) is 0 Å². The van der Waals surface area contributed by atoms with Gasteiger partial charge < -0.3 is 20.3 Å². The van der Waals surface area contributed by atoms with Gasteiger partial charge in [0.05, 0.1) is 6.10 Å². The summed E-state index contributed by atoms with van der Waals surface area (Å²) in [6, 6.07) is 14.5. The van der Waals surface area contributed by atoms with Crippen molar-refractivity contribution < 1.29 is 24.5 Å². The number of hydrogen-bond donors (Lipinski definition) is 3. The van der Waals surface area contributed by atoms with Gasteiger partial charge in [-0.25, -0.2) is 4.79 Å². The van der Waals surface area contributed by atoms with Gasteiger partial charge >= 0.3 is 11.9 Å². The van der Waals surface area contributed by atoms with Gasteiger partial charge in [0.15, 0.2) is 0 Å². The van der Waals surface area contributed by atoms with E-state index >= 15 is 0 Å². The molecule has 1 heterocycles. The number of rotatable bonds is 5. The minimum absolute atomic E-state index is 0. The second-order valence-electron chi connectivity index (χ2n) is 7.99. The smallest absolute Gasteiger partial charge is 0.339 e. The first-order chi connectivity index (χ1) is 14.0. The van der Waals surface area contributed by atoms with E-state index in [-0.39, 0.29) is 30.0 Å². The van der Waals surface area contributed by atoms with E-state index in [1.807, 2.05) is 30.3 Å². The number of halogens is 1. The van der Waals surface area contributed by atoms with Gasteiger partial charge in [0.2, 0.25) is 0 Å². The van der Waals surface area contributed by atoms with Crippen LogP contribution in [-0.4, -0.2) is 40.8 Å². The van der Waals surface area contributed by atoms with Crippen molar-refractivity contribution in [3.63, 3.8) is 0 Å². The molecule has 4 atom stereocenters. The van der Waals surface area contributed by atoms with Crippen molar-refractivity contribution in [2.75, 3.05) is 6.54 Å². The van der Waals surface area contributed by atoms with Crippen molar-refractivity contribution in [1.82, 2.24) is 5.32 Å². The predicted molar refractivity (Wildman–Crippen MR) is 115 cm³/mol. The number of piperidine rings is 1. The van der Waals surface area contributed by atoms with Crippen LogP contribution in [-0.2, 0) is 4.79 Å². The molecule has 0 amide bonds. The summed E-state index contributed by atoms with van der Waals surface area (Å²) in [4.78, 5) is 23.0. The standard InChI is InChI=1S/C23H25NO5.ClH/c25-22(26)19-9-7-15(14-4-2-1-3-5-14)12-21(19)29-18-8-6-16-13-24-20(23(27)28)11-17(16)10-18;/h1-5,7,9,12,16-18,20,24H,6,8,10-11,13H2,(H,25,26)(H,27,28);1H/t16-,17+,18-,20-;/m0./s1. The molecule has 4 rings (SSSR count). The van der Waals surface area contributed by atoms with Crippen LogP contribution in [0, 0.1) is 11.8 Å². The van der Waals surface area contributed by atoms with Crippen molar-refractivity contribution in [3.8, 4) is 16.9 Å². The quantitative estimate of drug-likeness (QED) is 0.660. The van der Waals surface area contributed by atoms with Crippen molar-refractivity contribution in [2.45, 2.75) is 37.8 Å². The molecule has 2 aromatic rings. The summed E-state index contributed by atoms with van der Waals surface area (Å²) >= 11 is 0. The Bertz CT molecular complexity index is 904. The summed E-state index contributed by atoms with van der Waals surface area (Å²) < 4.78 is 6.21. The van der Waals surface area contributed by atoms with E-state index in [2.05, 4.69) is 5.32 Å². The molecule has 2 fully saturated rings. The summed E-state index contributed by atoms with van der Waals surface area (Å²) in [6.07, 6.45) is 3.04. The van der Waals surface area contributed by atoms with Gasteiger partial charge in [-0.3, -0.25) is 4.79 Å². The van der Waals surface area contributed by atoms with Crippen LogP contribution in [0.25, 0.3) is 11.1 Å². The zero-order valence-corrected chi connectivity index (χ0v) is 17.3. The maximum absolute atomic E-state index is 11.7. The van der Waals surface area contributed by atoms with Gasteiger partial charge in [-0.15, -0.1) is 12.4 Å². The molecule has 30 heavy (non-hydrogen) atoms. The largest absolute Gasteiger partial charge is 0.489 e. The van der Waals surface area contributed by atoms with Crippen LogP contribution in [0.4, 0.5) is 0 Å². The van der Waals surface area contributed by atoms with Gasteiger partial charge in [0.1, 0.15) is 17.4 Å². The second-order valence-corrected chi connectivity index (χ2v) is 7.99. The van der Waals surface area contributed by atoms with Crippen molar-refractivity contribution in [3.05, 3.63) is 54.1 Å². The molecule has 0 aromatic heterocycles. The van der Waals surface area contributed by atoms with E-state index in [1.165, 1.54) is 0 Å². The first-order valence-corrected chi connectivity index (χ1v) is 10.1. The Morgan fingerprint density at radius 3 is 2.40 bits per heavy atom. The lowest BCUT2D eigenvalue weighted by Crippen LogP contribution is -2.50. The maximum Gasteiger partial charge on any atom is 0.339 e. The Kier molecular flexibility index (Phi) is 7.00. The molecular formula is C23H26ClNO5. The molecule has 7 heteroatoms. The number of benzene rings is 2. The summed E-state index contributed by atoms with van der Waals surface area (Å²) in [7, 11) is 0. The molecule has 0 spiro atoms. The molecule has 160 valence electrons. The summed E-state index contributed by atoms with van der Waals surface area (Å²) in [6.45, 7) is 0.720. The number of carboxylic acid groups (broad SMARTS) is 2. The van der Waals surface area contributed by atoms with Gasteiger partial charge in [0, 0.05) is 0 Å². The van der Waals surface area contributed by atoms with Crippen LogP contribution >= 0.6 is 12.4 Å². The molecule has 1 saturated heterocycles. The fraction of sp³-hybridized carbons (Fsp3) is 0.391. The van der Waals surface area contributed by atoms with E-state index in [4.69, 9.17) is 4.74 Å². The number of fused-ring (bicyclic) bond motifs is 1. The lowest BCUT2D eigenvalue weighted by atomic mass is 9.72. The second kappa shape index (κ2) is 9.49. The normalized spacial score (nSPS) is 25.5. The number of aromatic carboxylic acids is 1. The summed E-state index contributed by atoms with van der Waals surface area (Å²) in [5.74, 6) is -0.705. The summed E-state index contributed by atoms with van der Waals surface area (Å²) in [5.41, 5.74) is 2.06. The predicted octanol–water partition coefficient (Wildman–Crippen LogP) is 4.08. The van der Waals surface area contributed by atoms with Crippen LogP contribution in [0.15, 0.2) is 48.5 Å². The number of nitrogens with one attached hydrogen (secondary N) is 1. The first kappa shape index (κ1) is 22.1. The first-order valence-electron chi connectivity index (χ1n) is 10.1. The minimum Gasteiger partial charge on any atom is -0.489 e. The average molecular weight is 432 g/mol. The molecule has 0 bridgehead atoms. The van der Waals surface area contributed by atoms with Gasteiger partial charge in [-0.05, 0) is 67.3 Å². The van der Waals surface area contributed by atoms with Crippen LogP contribution in [0.3, 0.4) is 0 Å². The third-order valence-electron chi connectivity index (χ3n) is 6.17. The third-order valence-corrected chi connectivity index (χ3v) is 6.17. The van der Waals surface area contributed by atoms with Crippen LogP contribution < -0.4 is 10.1 Å². The highest BCUT2D eigenvalue weighted by Crippen LogP contribution is 2.38. The highest BCUT2D eigenvalue weighted by atomic mass is 35.5. The molecule has 3 N–H and O–H groups in total. The topological polar surface area (TPSA) is 95.9 Å². The molecule has 0 unspecified atom stereocenters. The van der Waals surface area contributed by atoms with E-state index in [9.17, 15) is 19.8 Å². The number of ether oxygens (including phenoxy) is 1. The highest BCUT2D eigenvalue weighted by molar-refractivity contribution is 5.92. The number of hydrogen-bond acceptors (Lipinski definition) is 4. The number of aliphatic carboxylic acids is 1. The molecular weight excluding hydrogens is 406 g/mol. The monoisotopic (exact) mass is 431 g/mol. The van der Waals surface area contributed by atoms with E-state index in [0.717, 1.165) is 36.9 Å². The zero-order valence-electron chi connectivity index (χ0n) is 16.5. The zero-order chi connectivity index (χ0) is 20.4. The Labute approximate surface area is 181 Å². The van der Waals surface area contributed by atoms with E-state index in [0.29, 0.717) is 18.1 Å². The van der Waals surface area contributed by atoms with E-state index < -0.39 is 18.0 Å². The molecule has 2 aromatic carbocycles. The number of carbonyl (C=O) groups is 2. The molecule has 2 aliphatic rings. The van der Waals surface area contributed by atoms with E-state index in [1.54, 1.807) is 18.2 Å². The molecule has 1 aliphatic heterocycles. The molecule has 1 saturated carbocycles. The Balaban J connectivity index is 0.00000256. The van der Waals surface area contributed by atoms with Crippen LogP contribution in [0.1, 0.15) is 36.0 Å². The lowest BCUT2D eigenvalue weighted by Gasteiger charge is -2.41. The Hall–Kier alpha value is -2.57. The van der Waals surface area contributed by atoms with Crippen molar-refractivity contribution in [2.24, 2.45) is 11.8 Å². The van der Waals surface area contributed by atoms with Gasteiger partial charge in [-0.1, -0.05) is 36.4 Å². The highest BCUT2D eigenvalue weighted by Gasteiger charge is 2.38.